The van der Waals surface area contributed by atoms with E-state index >= 15 is 0 Å². The predicted octanol–water partition coefficient (Wildman–Crippen LogP) is 2.00. The Labute approximate surface area is 123 Å². The molecular weight excluding hydrogens is 278 g/mol. The van der Waals surface area contributed by atoms with Gasteiger partial charge in [0.25, 0.3) is 0 Å². The highest BCUT2D eigenvalue weighted by molar-refractivity contribution is 6.34. The van der Waals surface area contributed by atoms with Gasteiger partial charge in [0.1, 0.15) is 0 Å². The Bertz CT molecular complexity index is 533. The fourth-order valence-electron chi connectivity index (χ4n) is 2.08. The highest BCUT2D eigenvalue weighted by Crippen LogP contribution is 2.31. The number of anilines is 2. The van der Waals surface area contributed by atoms with Gasteiger partial charge in [-0.3, -0.25) is 9.59 Å². The lowest BCUT2D eigenvalue weighted by molar-refractivity contribution is -0.119. The topological polar surface area (TPSA) is 75.4 Å². The van der Waals surface area contributed by atoms with Crippen LogP contribution < -0.4 is 16.0 Å². The summed E-state index contributed by atoms with van der Waals surface area (Å²) in [7, 11) is 0. The van der Waals surface area contributed by atoms with Crippen LogP contribution in [0.15, 0.2) is 18.2 Å². The fourth-order valence-corrected chi connectivity index (χ4v) is 2.36. The van der Waals surface area contributed by atoms with Crippen LogP contribution in [-0.2, 0) is 9.59 Å². The molecule has 3 N–H and O–H groups in total. The SMILES string of the molecule is CC(CN)C(=O)Nc1ccc(N2CCCC2=O)c(Cl)c1. The zero-order valence-electron chi connectivity index (χ0n) is 11.4. The summed E-state index contributed by atoms with van der Waals surface area (Å²) >= 11 is 6.20. The highest BCUT2D eigenvalue weighted by atomic mass is 35.5. The largest absolute Gasteiger partial charge is 0.330 e. The van der Waals surface area contributed by atoms with Gasteiger partial charge in [0.2, 0.25) is 11.8 Å². The third-order valence-electron chi connectivity index (χ3n) is 3.38. The van der Waals surface area contributed by atoms with Gasteiger partial charge < -0.3 is 16.0 Å². The van der Waals surface area contributed by atoms with Crippen molar-refractivity contribution >= 4 is 34.8 Å². The number of nitrogens with zero attached hydrogens (tertiary/aromatic N) is 1. The highest BCUT2D eigenvalue weighted by Gasteiger charge is 2.23. The van der Waals surface area contributed by atoms with Crippen LogP contribution in [0, 0.1) is 5.92 Å². The Morgan fingerprint density at radius 1 is 1.55 bits per heavy atom. The Morgan fingerprint density at radius 3 is 2.85 bits per heavy atom. The number of amides is 2. The second kappa shape index (κ2) is 6.24. The zero-order chi connectivity index (χ0) is 14.7. The molecule has 1 atom stereocenters. The maximum Gasteiger partial charge on any atom is 0.228 e. The molecule has 1 unspecified atom stereocenters. The van der Waals surface area contributed by atoms with E-state index in [1.807, 2.05) is 0 Å². The Kier molecular flexibility index (Phi) is 4.62. The standard InChI is InChI=1S/C14H18ClN3O2/c1-9(8-16)14(20)17-10-4-5-12(11(15)7-10)18-6-2-3-13(18)19/h4-5,7,9H,2-3,6,8,16H2,1H3,(H,17,20). The summed E-state index contributed by atoms with van der Waals surface area (Å²) in [6, 6.07) is 5.16. The Balaban J connectivity index is 2.13. The summed E-state index contributed by atoms with van der Waals surface area (Å²) in [4.78, 5) is 25.1. The van der Waals surface area contributed by atoms with Crippen LogP contribution in [-0.4, -0.2) is 24.9 Å². The molecule has 1 aliphatic rings. The van der Waals surface area contributed by atoms with E-state index in [1.54, 1.807) is 30.0 Å². The minimum Gasteiger partial charge on any atom is -0.330 e. The van der Waals surface area contributed by atoms with Crippen LogP contribution >= 0.6 is 11.6 Å². The fraction of sp³-hybridized carbons (Fsp3) is 0.429. The Morgan fingerprint density at radius 2 is 2.30 bits per heavy atom. The molecule has 0 bridgehead atoms. The summed E-state index contributed by atoms with van der Waals surface area (Å²) in [5.41, 5.74) is 6.75. The van der Waals surface area contributed by atoms with Crippen molar-refractivity contribution < 1.29 is 9.59 Å². The number of nitrogens with two attached hydrogens (primary N) is 1. The molecule has 0 radical (unpaired) electrons. The molecule has 2 amide bonds. The number of carbonyl (C=O) groups is 2. The van der Waals surface area contributed by atoms with Gasteiger partial charge in [-0.2, -0.15) is 0 Å². The molecule has 108 valence electrons. The number of hydrogen-bond acceptors (Lipinski definition) is 3. The van der Waals surface area contributed by atoms with E-state index in [9.17, 15) is 9.59 Å². The quantitative estimate of drug-likeness (QED) is 0.892. The summed E-state index contributed by atoms with van der Waals surface area (Å²) in [5.74, 6) is -0.317. The van der Waals surface area contributed by atoms with Gasteiger partial charge >= 0.3 is 0 Å². The first-order chi connectivity index (χ1) is 9.52. The van der Waals surface area contributed by atoms with E-state index in [-0.39, 0.29) is 17.7 Å². The van der Waals surface area contributed by atoms with Crippen LogP contribution in [0.2, 0.25) is 5.02 Å². The molecular formula is C14H18ClN3O2. The molecule has 2 rings (SSSR count). The minimum atomic E-state index is -0.256. The summed E-state index contributed by atoms with van der Waals surface area (Å²) in [6.45, 7) is 2.74. The third kappa shape index (κ3) is 3.11. The Hall–Kier alpha value is -1.59. The van der Waals surface area contributed by atoms with E-state index in [0.717, 1.165) is 6.42 Å². The van der Waals surface area contributed by atoms with Gasteiger partial charge in [-0.05, 0) is 24.6 Å². The van der Waals surface area contributed by atoms with Crippen LogP contribution in [0.5, 0.6) is 0 Å². The molecule has 1 heterocycles. The molecule has 1 aromatic rings. The van der Waals surface area contributed by atoms with Gasteiger partial charge in [0.05, 0.1) is 10.7 Å². The lowest BCUT2D eigenvalue weighted by Crippen LogP contribution is -2.27. The predicted molar refractivity (Wildman–Crippen MR) is 79.9 cm³/mol. The maximum absolute atomic E-state index is 11.7. The lowest BCUT2D eigenvalue weighted by Gasteiger charge is -2.18. The smallest absolute Gasteiger partial charge is 0.228 e. The second-order valence-electron chi connectivity index (χ2n) is 4.94. The molecule has 0 saturated carbocycles. The lowest BCUT2D eigenvalue weighted by atomic mass is 10.1. The van der Waals surface area contributed by atoms with Crippen molar-refractivity contribution in [3.63, 3.8) is 0 Å². The number of nitrogens with one attached hydrogen (secondary N) is 1. The van der Waals surface area contributed by atoms with Gasteiger partial charge in [0.15, 0.2) is 0 Å². The van der Waals surface area contributed by atoms with Crippen molar-refractivity contribution in [2.75, 3.05) is 23.3 Å². The normalized spacial score (nSPS) is 16.4. The van der Waals surface area contributed by atoms with E-state index in [4.69, 9.17) is 17.3 Å². The first kappa shape index (κ1) is 14.8. The van der Waals surface area contributed by atoms with E-state index in [0.29, 0.717) is 35.9 Å². The van der Waals surface area contributed by atoms with Crippen molar-refractivity contribution in [3.05, 3.63) is 23.2 Å². The summed E-state index contributed by atoms with van der Waals surface area (Å²) in [5, 5.41) is 3.21. The summed E-state index contributed by atoms with van der Waals surface area (Å²) < 4.78 is 0. The van der Waals surface area contributed by atoms with E-state index in [2.05, 4.69) is 5.32 Å². The van der Waals surface area contributed by atoms with Gasteiger partial charge in [-0.15, -0.1) is 0 Å². The molecule has 6 heteroatoms. The maximum atomic E-state index is 11.7. The van der Waals surface area contributed by atoms with Gasteiger partial charge in [-0.25, -0.2) is 0 Å². The van der Waals surface area contributed by atoms with Gasteiger partial charge in [-0.1, -0.05) is 18.5 Å². The molecule has 1 aromatic carbocycles. The minimum absolute atomic E-state index is 0.0837. The van der Waals surface area contributed by atoms with Crippen molar-refractivity contribution in [2.24, 2.45) is 11.7 Å². The first-order valence-corrected chi connectivity index (χ1v) is 7.01. The van der Waals surface area contributed by atoms with Crippen LogP contribution in [0.25, 0.3) is 0 Å². The molecule has 0 aliphatic carbocycles. The zero-order valence-corrected chi connectivity index (χ0v) is 12.1. The number of benzene rings is 1. The second-order valence-corrected chi connectivity index (χ2v) is 5.35. The average molecular weight is 296 g/mol. The van der Waals surface area contributed by atoms with Crippen LogP contribution in [0.4, 0.5) is 11.4 Å². The van der Waals surface area contributed by atoms with E-state index in [1.165, 1.54) is 0 Å². The van der Waals surface area contributed by atoms with Crippen molar-refractivity contribution in [3.8, 4) is 0 Å². The molecule has 0 aromatic heterocycles. The average Bonchev–Trinajstić information content (AvgIpc) is 2.84. The number of hydrogen-bond donors (Lipinski definition) is 2. The molecule has 20 heavy (non-hydrogen) atoms. The molecule has 1 saturated heterocycles. The van der Waals surface area contributed by atoms with Crippen LogP contribution in [0.1, 0.15) is 19.8 Å². The van der Waals surface area contributed by atoms with Gasteiger partial charge in [0, 0.05) is 31.1 Å². The molecule has 5 nitrogen and oxygen atoms in total. The van der Waals surface area contributed by atoms with Crippen LogP contribution in [0.3, 0.4) is 0 Å². The monoisotopic (exact) mass is 295 g/mol. The van der Waals surface area contributed by atoms with Crippen molar-refractivity contribution in [1.82, 2.24) is 0 Å². The molecule has 0 spiro atoms. The van der Waals surface area contributed by atoms with E-state index < -0.39 is 0 Å². The number of halogens is 1. The third-order valence-corrected chi connectivity index (χ3v) is 3.68. The van der Waals surface area contributed by atoms with Crippen molar-refractivity contribution in [1.29, 1.82) is 0 Å². The molecule has 1 fully saturated rings. The number of carbonyl (C=O) groups excluding carboxylic acids is 2. The van der Waals surface area contributed by atoms with Crippen molar-refractivity contribution in [2.45, 2.75) is 19.8 Å². The first-order valence-electron chi connectivity index (χ1n) is 6.63. The summed E-state index contributed by atoms with van der Waals surface area (Å²) in [6.07, 6.45) is 1.41. The molecule has 1 aliphatic heterocycles. The number of rotatable bonds is 4.